The maximum atomic E-state index is 12.1. The average molecular weight is 233 g/mol. The van der Waals surface area contributed by atoms with Gasteiger partial charge in [0.15, 0.2) is 0 Å². The van der Waals surface area contributed by atoms with E-state index in [1.165, 1.54) is 0 Å². The number of hydrogen-bond acceptors (Lipinski definition) is 2. The molecule has 4 heteroatoms. The highest BCUT2D eigenvalue weighted by Crippen LogP contribution is 2.26. The van der Waals surface area contributed by atoms with Gasteiger partial charge in [0.05, 0.1) is 0 Å². The van der Waals surface area contributed by atoms with Gasteiger partial charge in [-0.2, -0.15) is 0 Å². The molecule has 0 saturated heterocycles. The van der Waals surface area contributed by atoms with Gasteiger partial charge in [-0.15, -0.1) is 0 Å². The fourth-order valence-electron chi connectivity index (χ4n) is 2.14. The van der Waals surface area contributed by atoms with E-state index in [1.807, 2.05) is 38.1 Å². The third-order valence-corrected chi connectivity index (χ3v) is 2.84. The molecule has 0 bridgehead atoms. The molecule has 17 heavy (non-hydrogen) atoms. The fourth-order valence-corrected chi connectivity index (χ4v) is 2.14. The number of benzene rings is 1. The molecule has 0 aromatic heterocycles. The van der Waals surface area contributed by atoms with Gasteiger partial charge in [-0.1, -0.05) is 18.2 Å². The highest BCUT2D eigenvalue weighted by atomic mass is 16.2. The predicted octanol–water partition coefficient (Wildman–Crippen LogP) is 1.49. The van der Waals surface area contributed by atoms with Gasteiger partial charge in [0.2, 0.25) is 0 Å². The van der Waals surface area contributed by atoms with Gasteiger partial charge in [-0.05, 0) is 31.9 Å². The van der Waals surface area contributed by atoms with Crippen molar-refractivity contribution in [2.75, 3.05) is 11.4 Å². The molecule has 0 spiro atoms. The minimum Gasteiger partial charge on any atom is -0.336 e. The van der Waals surface area contributed by atoms with Gasteiger partial charge in [0.1, 0.15) is 0 Å². The van der Waals surface area contributed by atoms with Crippen LogP contribution in [0.25, 0.3) is 0 Å². The number of para-hydroxylation sites is 1. The maximum absolute atomic E-state index is 12.1. The highest BCUT2D eigenvalue weighted by molar-refractivity contribution is 5.93. The summed E-state index contributed by atoms with van der Waals surface area (Å²) in [5.74, 6) is 0. The minimum atomic E-state index is -0.0670. The van der Waals surface area contributed by atoms with Gasteiger partial charge >= 0.3 is 6.03 Å². The van der Waals surface area contributed by atoms with Gasteiger partial charge in [0, 0.05) is 24.3 Å². The van der Waals surface area contributed by atoms with Gasteiger partial charge in [-0.3, -0.25) is 4.90 Å². The standard InChI is InChI=1S/C13H19N3O/c1-9(2)15-13(17)16-8-11(14)7-10-5-3-4-6-12(10)16/h3-6,9,11H,7-8,14H2,1-2H3,(H,15,17). The van der Waals surface area contributed by atoms with Crippen LogP contribution >= 0.6 is 0 Å². The number of nitrogens with one attached hydrogen (secondary N) is 1. The molecule has 2 amide bonds. The summed E-state index contributed by atoms with van der Waals surface area (Å²) in [6, 6.07) is 8.02. The Bertz CT molecular complexity index is 417. The lowest BCUT2D eigenvalue weighted by Gasteiger charge is -2.33. The maximum Gasteiger partial charge on any atom is 0.322 e. The van der Waals surface area contributed by atoms with Crippen LogP contribution in [-0.2, 0) is 6.42 Å². The van der Waals surface area contributed by atoms with Crippen molar-refractivity contribution in [2.45, 2.75) is 32.4 Å². The molecule has 2 rings (SSSR count). The number of anilines is 1. The van der Waals surface area contributed by atoms with Crippen LogP contribution < -0.4 is 16.0 Å². The Kier molecular flexibility index (Phi) is 3.33. The zero-order chi connectivity index (χ0) is 12.4. The van der Waals surface area contributed by atoms with Crippen molar-refractivity contribution in [3.05, 3.63) is 29.8 Å². The molecule has 1 aliphatic rings. The Hall–Kier alpha value is -1.55. The van der Waals surface area contributed by atoms with Crippen LogP contribution in [0.15, 0.2) is 24.3 Å². The summed E-state index contributed by atoms with van der Waals surface area (Å²) < 4.78 is 0. The number of rotatable bonds is 1. The van der Waals surface area contributed by atoms with Gasteiger partial charge in [-0.25, -0.2) is 4.79 Å². The lowest BCUT2D eigenvalue weighted by atomic mass is 9.99. The topological polar surface area (TPSA) is 58.4 Å². The first-order valence-electron chi connectivity index (χ1n) is 5.99. The number of hydrogen-bond donors (Lipinski definition) is 2. The van der Waals surface area contributed by atoms with Crippen LogP contribution in [0.4, 0.5) is 10.5 Å². The van der Waals surface area contributed by atoms with Crippen LogP contribution in [0, 0.1) is 0 Å². The lowest BCUT2D eigenvalue weighted by Crippen LogP contribution is -2.51. The Balaban J connectivity index is 2.26. The highest BCUT2D eigenvalue weighted by Gasteiger charge is 2.26. The third-order valence-electron chi connectivity index (χ3n) is 2.84. The summed E-state index contributed by atoms with van der Waals surface area (Å²) in [6.45, 7) is 4.48. The number of carbonyl (C=O) groups excluding carboxylic acids is 1. The van der Waals surface area contributed by atoms with Crippen molar-refractivity contribution in [3.63, 3.8) is 0 Å². The molecule has 0 radical (unpaired) electrons. The number of urea groups is 1. The summed E-state index contributed by atoms with van der Waals surface area (Å²) in [7, 11) is 0. The number of nitrogens with two attached hydrogens (primary N) is 1. The summed E-state index contributed by atoms with van der Waals surface area (Å²) in [5.41, 5.74) is 8.11. The van der Waals surface area contributed by atoms with Gasteiger partial charge in [0.25, 0.3) is 0 Å². The summed E-state index contributed by atoms with van der Waals surface area (Å²) >= 11 is 0. The van der Waals surface area contributed by atoms with Crippen LogP contribution in [0.3, 0.4) is 0 Å². The van der Waals surface area contributed by atoms with Crippen molar-refractivity contribution in [1.29, 1.82) is 0 Å². The smallest absolute Gasteiger partial charge is 0.322 e. The summed E-state index contributed by atoms with van der Waals surface area (Å²) in [4.78, 5) is 13.8. The second kappa shape index (κ2) is 4.75. The second-order valence-corrected chi connectivity index (χ2v) is 4.81. The normalized spacial score (nSPS) is 19.1. The zero-order valence-corrected chi connectivity index (χ0v) is 10.3. The SMILES string of the molecule is CC(C)NC(=O)N1CC(N)Cc2ccccc21. The molecule has 92 valence electrons. The summed E-state index contributed by atoms with van der Waals surface area (Å²) in [6.07, 6.45) is 0.835. The number of carbonyl (C=O) groups is 1. The van der Waals surface area contributed by atoms with Crippen molar-refractivity contribution >= 4 is 11.7 Å². The Labute approximate surface area is 102 Å². The molecule has 1 aliphatic heterocycles. The lowest BCUT2D eigenvalue weighted by molar-refractivity contribution is 0.243. The molecule has 4 nitrogen and oxygen atoms in total. The molecule has 1 atom stereocenters. The quantitative estimate of drug-likeness (QED) is 0.772. The van der Waals surface area contributed by atoms with Crippen molar-refractivity contribution in [3.8, 4) is 0 Å². The summed E-state index contributed by atoms with van der Waals surface area (Å²) in [5, 5.41) is 2.91. The number of nitrogens with zero attached hydrogens (tertiary/aromatic N) is 1. The first kappa shape index (κ1) is 11.9. The van der Waals surface area contributed by atoms with E-state index in [-0.39, 0.29) is 18.1 Å². The van der Waals surface area contributed by atoms with E-state index in [0.29, 0.717) is 6.54 Å². The van der Waals surface area contributed by atoms with E-state index in [1.54, 1.807) is 4.90 Å². The first-order chi connectivity index (χ1) is 8.08. The fraction of sp³-hybridized carbons (Fsp3) is 0.462. The predicted molar refractivity (Wildman–Crippen MR) is 69.1 cm³/mol. The molecule has 3 N–H and O–H groups in total. The van der Waals surface area contributed by atoms with Crippen LogP contribution in [0.2, 0.25) is 0 Å². The third kappa shape index (κ3) is 2.58. The molecule has 1 aromatic carbocycles. The molecule has 0 saturated carbocycles. The molecule has 1 aromatic rings. The Morgan fingerprint density at radius 3 is 2.88 bits per heavy atom. The van der Waals surface area contributed by atoms with E-state index in [2.05, 4.69) is 5.32 Å². The van der Waals surface area contributed by atoms with E-state index in [4.69, 9.17) is 5.73 Å². The van der Waals surface area contributed by atoms with E-state index >= 15 is 0 Å². The molecule has 0 aliphatic carbocycles. The molecule has 1 unspecified atom stereocenters. The van der Waals surface area contributed by atoms with Crippen molar-refractivity contribution < 1.29 is 4.79 Å². The van der Waals surface area contributed by atoms with E-state index in [9.17, 15) is 4.79 Å². The first-order valence-corrected chi connectivity index (χ1v) is 5.99. The van der Waals surface area contributed by atoms with Crippen LogP contribution in [-0.4, -0.2) is 24.7 Å². The molecular formula is C13H19N3O. The number of amides is 2. The second-order valence-electron chi connectivity index (χ2n) is 4.81. The Morgan fingerprint density at radius 2 is 2.18 bits per heavy atom. The van der Waals surface area contributed by atoms with Crippen molar-refractivity contribution in [1.82, 2.24) is 5.32 Å². The molecular weight excluding hydrogens is 214 g/mol. The number of fused-ring (bicyclic) bond motifs is 1. The van der Waals surface area contributed by atoms with E-state index in [0.717, 1.165) is 17.7 Å². The minimum absolute atomic E-state index is 0.0165. The van der Waals surface area contributed by atoms with Crippen LogP contribution in [0.1, 0.15) is 19.4 Å². The monoisotopic (exact) mass is 233 g/mol. The largest absolute Gasteiger partial charge is 0.336 e. The van der Waals surface area contributed by atoms with Gasteiger partial charge < -0.3 is 11.1 Å². The zero-order valence-electron chi connectivity index (χ0n) is 10.3. The average Bonchev–Trinajstić information content (AvgIpc) is 2.26. The molecule has 1 heterocycles. The van der Waals surface area contributed by atoms with Crippen LogP contribution in [0.5, 0.6) is 0 Å². The van der Waals surface area contributed by atoms with E-state index < -0.39 is 0 Å². The Morgan fingerprint density at radius 1 is 1.47 bits per heavy atom. The molecule has 0 fully saturated rings. The van der Waals surface area contributed by atoms with Crippen molar-refractivity contribution in [2.24, 2.45) is 5.73 Å².